The van der Waals surface area contributed by atoms with Gasteiger partial charge in [0.15, 0.2) is 0 Å². The van der Waals surface area contributed by atoms with Crippen LogP contribution in [0.15, 0.2) is 47.4 Å². The third-order valence-corrected chi connectivity index (χ3v) is 6.78. The number of hydrogen-bond donors (Lipinski definition) is 0. The van der Waals surface area contributed by atoms with Crippen LogP contribution in [0.5, 0.6) is 0 Å². The Morgan fingerprint density at radius 3 is 2.42 bits per heavy atom. The molecule has 0 saturated carbocycles. The molecule has 0 fully saturated rings. The van der Waals surface area contributed by atoms with Gasteiger partial charge in [-0.1, -0.05) is 11.6 Å². The molecule has 142 valence electrons. The summed E-state index contributed by atoms with van der Waals surface area (Å²) in [5.41, 5.74) is -0.295. The molecule has 2 aromatic carbocycles. The minimum Gasteiger partial charge on any atom is -0.260 e. The van der Waals surface area contributed by atoms with Crippen LogP contribution in [0.25, 0.3) is 0 Å². The summed E-state index contributed by atoms with van der Waals surface area (Å²) in [5.74, 6) is -0.639. The maximum absolute atomic E-state index is 14.4. The van der Waals surface area contributed by atoms with Crippen molar-refractivity contribution in [1.29, 1.82) is 0 Å². The van der Waals surface area contributed by atoms with E-state index in [1.165, 1.54) is 24.3 Å². The second kappa shape index (κ2) is 9.06. The molecular formula is C18H20ClF2NO2S2. The Bertz CT molecular complexity index is 845. The molecule has 2 rings (SSSR count). The Labute approximate surface area is 162 Å². The lowest BCUT2D eigenvalue weighted by Crippen LogP contribution is -2.39. The predicted octanol–water partition coefficient (Wildman–Crippen LogP) is 5.35. The first-order chi connectivity index (χ1) is 12.3. The van der Waals surface area contributed by atoms with Crippen molar-refractivity contribution >= 4 is 39.1 Å². The number of sulfonamides is 1. The Balaban J connectivity index is 2.52. The Kier molecular flexibility index (Phi) is 7.32. The van der Waals surface area contributed by atoms with Crippen LogP contribution in [0, 0.1) is 11.6 Å². The highest BCUT2D eigenvalue weighted by atomic mass is 35.5. The molecule has 8 heteroatoms. The number of halogens is 3. The third kappa shape index (κ3) is 4.90. The molecule has 0 aromatic heterocycles. The quantitative estimate of drug-likeness (QED) is 0.541. The Morgan fingerprint density at radius 1 is 1.15 bits per heavy atom. The zero-order valence-corrected chi connectivity index (χ0v) is 16.8. The van der Waals surface area contributed by atoms with E-state index in [-0.39, 0.29) is 10.6 Å². The first-order valence-electron chi connectivity index (χ1n) is 8.01. The van der Waals surface area contributed by atoms with E-state index in [4.69, 9.17) is 11.6 Å². The molecule has 1 atom stereocenters. The minimum absolute atomic E-state index is 0.0257. The number of benzene rings is 2. The molecule has 2 aromatic rings. The van der Waals surface area contributed by atoms with Crippen LogP contribution in [0.1, 0.15) is 19.8 Å². The second-order valence-corrected chi connectivity index (χ2v) is 9.07. The van der Waals surface area contributed by atoms with Crippen molar-refractivity contribution in [2.75, 3.05) is 16.3 Å². The molecule has 0 spiro atoms. The Hall–Kier alpha value is -1.31. The van der Waals surface area contributed by atoms with Gasteiger partial charge in [0, 0.05) is 17.1 Å². The number of hydrogen-bond acceptors (Lipinski definition) is 3. The molecule has 0 radical (unpaired) electrons. The fraction of sp³-hybridized carbons (Fsp3) is 0.333. The number of anilines is 1. The smallest absolute Gasteiger partial charge is 0.260 e. The van der Waals surface area contributed by atoms with Crippen LogP contribution in [0.4, 0.5) is 14.5 Å². The normalized spacial score (nSPS) is 12.8. The lowest BCUT2D eigenvalue weighted by molar-refractivity contribution is 0.556. The molecule has 0 bridgehead atoms. The van der Waals surface area contributed by atoms with Gasteiger partial charge in [0.2, 0.25) is 0 Å². The van der Waals surface area contributed by atoms with Crippen LogP contribution >= 0.6 is 23.4 Å². The van der Waals surface area contributed by atoms with Crippen LogP contribution in [-0.4, -0.2) is 26.5 Å². The molecule has 0 amide bonds. The summed E-state index contributed by atoms with van der Waals surface area (Å²) in [4.78, 5) is -0.0257. The first kappa shape index (κ1) is 21.0. The number of nitrogens with zero attached hydrogens (tertiary/aromatic N) is 1. The average molecular weight is 420 g/mol. The van der Waals surface area contributed by atoms with Crippen molar-refractivity contribution in [3.05, 3.63) is 59.1 Å². The van der Waals surface area contributed by atoms with E-state index in [2.05, 4.69) is 0 Å². The van der Waals surface area contributed by atoms with E-state index < -0.39 is 27.7 Å². The topological polar surface area (TPSA) is 37.4 Å². The third-order valence-electron chi connectivity index (χ3n) is 3.89. The highest BCUT2D eigenvalue weighted by molar-refractivity contribution is 7.98. The van der Waals surface area contributed by atoms with E-state index in [9.17, 15) is 17.2 Å². The molecule has 0 aliphatic rings. The molecular weight excluding hydrogens is 400 g/mol. The van der Waals surface area contributed by atoms with Gasteiger partial charge in [-0.2, -0.15) is 11.8 Å². The summed E-state index contributed by atoms with van der Waals surface area (Å²) in [6.07, 6.45) is 3.23. The van der Waals surface area contributed by atoms with Gasteiger partial charge < -0.3 is 0 Å². The van der Waals surface area contributed by atoms with E-state index in [1.54, 1.807) is 18.7 Å². The van der Waals surface area contributed by atoms with Crippen molar-refractivity contribution in [3.8, 4) is 0 Å². The molecule has 0 N–H and O–H groups in total. The van der Waals surface area contributed by atoms with E-state index in [0.717, 1.165) is 34.7 Å². The van der Waals surface area contributed by atoms with Gasteiger partial charge in [-0.25, -0.2) is 17.2 Å². The molecule has 0 unspecified atom stereocenters. The molecule has 0 saturated heterocycles. The molecule has 3 nitrogen and oxygen atoms in total. The first-order valence-corrected chi connectivity index (χ1v) is 11.2. The summed E-state index contributed by atoms with van der Waals surface area (Å²) in [6.45, 7) is 1.69. The number of rotatable bonds is 8. The zero-order chi connectivity index (χ0) is 19.3. The summed E-state index contributed by atoms with van der Waals surface area (Å²) >= 11 is 7.48. The number of thioether (sulfide) groups is 1. The molecule has 0 aliphatic heterocycles. The largest absolute Gasteiger partial charge is 0.264 e. The second-order valence-electron chi connectivity index (χ2n) is 5.83. The van der Waals surface area contributed by atoms with E-state index in [0.29, 0.717) is 11.4 Å². The fourth-order valence-corrected chi connectivity index (χ4v) is 4.89. The van der Waals surface area contributed by atoms with Crippen molar-refractivity contribution in [3.63, 3.8) is 0 Å². The summed E-state index contributed by atoms with van der Waals surface area (Å²) in [7, 11) is -4.09. The summed E-state index contributed by atoms with van der Waals surface area (Å²) < 4.78 is 55.4. The van der Waals surface area contributed by atoms with E-state index in [1.807, 2.05) is 6.26 Å². The Morgan fingerprint density at radius 2 is 1.81 bits per heavy atom. The molecule has 0 aliphatic carbocycles. The fourth-order valence-electron chi connectivity index (χ4n) is 2.62. The summed E-state index contributed by atoms with van der Waals surface area (Å²) in [6, 6.07) is 7.88. The average Bonchev–Trinajstić information content (AvgIpc) is 2.58. The molecule has 0 heterocycles. The maximum atomic E-state index is 14.4. The van der Waals surface area contributed by atoms with Crippen molar-refractivity contribution in [2.24, 2.45) is 0 Å². The van der Waals surface area contributed by atoms with Crippen molar-refractivity contribution < 1.29 is 17.2 Å². The van der Waals surface area contributed by atoms with Crippen molar-refractivity contribution in [1.82, 2.24) is 0 Å². The maximum Gasteiger partial charge on any atom is 0.264 e. The van der Waals surface area contributed by atoms with Crippen LogP contribution < -0.4 is 4.31 Å². The van der Waals surface area contributed by atoms with Crippen molar-refractivity contribution in [2.45, 2.75) is 30.7 Å². The zero-order valence-electron chi connectivity index (χ0n) is 14.5. The SMILES string of the molecule is CSCCC[C@@H](C)N(c1cc(F)ccc1F)S(=O)(=O)c1ccc(Cl)cc1. The van der Waals surface area contributed by atoms with Gasteiger partial charge in [-0.15, -0.1) is 0 Å². The van der Waals surface area contributed by atoms with Gasteiger partial charge in [-0.3, -0.25) is 4.31 Å². The van der Waals surface area contributed by atoms with Gasteiger partial charge in [0.25, 0.3) is 10.0 Å². The van der Waals surface area contributed by atoms with Gasteiger partial charge in [0.1, 0.15) is 11.6 Å². The predicted molar refractivity (Wildman–Crippen MR) is 105 cm³/mol. The van der Waals surface area contributed by atoms with Gasteiger partial charge in [0.05, 0.1) is 10.6 Å². The highest BCUT2D eigenvalue weighted by Gasteiger charge is 2.31. The monoisotopic (exact) mass is 419 g/mol. The van der Waals surface area contributed by atoms with E-state index >= 15 is 0 Å². The highest BCUT2D eigenvalue weighted by Crippen LogP contribution is 2.31. The van der Waals surface area contributed by atoms with Crippen LogP contribution in [-0.2, 0) is 10.0 Å². The van der Waals surface area contributed by atoms with Gasteiger partial charge in [-0.05, 0) is 68.2 Å². The van der Waals surface area contributed by atoms with Gasteiger partial charge >= 0.3 is 0 Å². The minimum atomic E-state index is -4.09. The molecule has 26 heavy (non-hydrogen) atoms. The lowest BCUT2D eigenvalue weighted by atomic mass is 10.2. The standard InChI is InChI=1S/C18H20ClF2NO2S2/c1-13(4-3-11-25-2)22(18-12-15(20)7-10-17(18)21)26(23,24)16-8-5-14(19)6-9-16/h5-10,12-13H,3-4,11H2,1-2H3/t13-/m1/s1. The van der Waals surface area contributed by atoms with Crippen LogP contribution in [0.2, 0.25) is 5.02 Å². The van der Waals surface area contributed by atoms with Crippen LogP contribution in [0.3, 0.4) is 0 Å². The lowest BCUT2D eigenvalue weighted by Gasteiger charge is -2.31. The summed E-state index contributed by atoms with van der Waals surface area (Å²) in [5, 5.41) is 0.389.